The molecule has 16 heavy (non-hydrogen) atoms. The van der Waals surface area contributed by atoms with Crippen LogP contribution in [-0.4, -0.2) is 31.0 Å². The van der Waals surface area contributed by atoms with Gasteiger partial charge in [0.1, 0.15) is 0 Å². The number of hydrogen-bond donors (Lipinski definition) is 2. The first-order chi connectivity index (χ1) is 7.49. The van der Waals surface area contributed by atoms with Crippen molar-refractivity contribution >= 4 is 47.7 Å². The van der Waals surface area contributed by atoms with Crippen molar-refractivity contribution in [2.75, 3.05) is 8.86 Å². The first kappa shape index (κ1) is 13.4. The Kier molecular flexibility index (Phi) is 5.20. The van der Waals surface area contributed by atoms with Gasteiger partial charge in [-0.1, -0.05) is 0 Å². The van der Waals surface area contributed by atoms with E-state index in [9.17, 15) is 9.59 Å². The minimum absolute atomic E-state index is 0.0212. The van der Waals surface area contributed by atoms with Gasteiger partial charge in [0.15, 0.2) is 0 Å². The van der Waals surface area contributed by atoms with Crippen molar-refractivity contribution in [3.05, 3.63) is 32.3 Å². The van der Waals surface area contributed by atoms with Crippen LogP contribution < -0.4 is 0 Å². The Morgan fingerprint density at radius 2 is 1.75 bits per heavy atom. The summed E-state index contributed by atoms with van der Waals surface area (Å²) in [7, 11) is 0. The Morgan fingerprint density at radius 3 is 2.19 bits per heavy atom. The second-order valence-electron chi connectivity index (χ2n) is 2.95. The van der Waals surface area contributed by atoms with Crippen molar-refractivity contribution in [3.63, 3.8) is 0 Å². The van der Waals surface area contributed by atoms with E-state index in [0.717, 1.165) is 8.04 Å². The van der Waals surface area contributed by atoms with Crippen LogP contribution in [0.25, 0.3) is 0 Å². The van der Waals surface area contributed by atoms with Crippen molar-refractivity contribution in [2.24, 2.45) is 0 Å². The summed E-state index contributed by atoms with van der Waals surface area (Å²) in [4.78, 5) is 21.4. The molecular weight excluding hydrogens is 391 g/mol. The molecule has 0 saturated heterocycles. The molecule has 0 fully saturated rings. The van der Waals surface area contributed by atoms with Crippen LogP contribution >= 0.6 is 35.7 Å². The van der Waals surface area contributed by atoms with E-state index in [1.54, 1.807) is 6.07 Å². The van der Waals surface area contributed by atoms with E-state index in [2.05, 4.69) is 15.9 Å². The molecule has 0 aliphatic rings. The van der Waals surface area contributed by atoms with Crippen LogP contribution in [0.5, 0.6) is 0 Å². The molecule has 0 aliphatic carbocycles. The molecule has 0 spiro atoms. The van der Waals surface area contributed by atoms with Crippen molar-refractivity contribution in [1.29, 1.82) is 0 Å². The van der Waals surface area contributed by atoms with Gasteiger partial charge < -0.3 is 0 Å². The second-order valence-corrected chi connectivity index (χ2v) is 9.24. The van der Waals surface area contributed by atoms with Gasteiger partial charge in [0.05, 0.1) is 0 Å². The molecule has 88 valence electrons. The summed E-state index contributed by atoms with van der Waals surface area (Å²) in [6, 6.07) is 7.26. The molecule has 6 heteroatoms. The molecule has 2 N–H and O–H groups in total. The topological polar surface area (TPSA) is 74.6 Å². The summed E-state index contributed by atoms with van der Waals surface area (Å²) < 4.78 is 1.69. The standard InChI is InChI=1S/C10H10BrIO4/c11-7-2-1-3-8(4-7)12(5-9(13)14)6-10(15)16/h1-4H,5-6H2,(H,13,14)(H,15,16). The first-order valence-corrected chi connectivity index (χ1v) is 9.22. The van der Waals surface area contributed by atoms with Gasteiger partial charge >= 0.3 is 109 Å². The molecular formula is C10H10BrIO4. The van der Waals surface area contributed by atoms with Crippen LogP contribution in [-0.2, 0) is 9.59 Å². The zero-order chi connectivity index (χ0) is 12.1. The Balaban J connectivity index is 2.90. The van der Waals surface area contributed by atoms with Crippen LogP contribution in [0, 0.1) is 3.57 Å². The summed E-state index contributed by atoms with van der Waals surface area (Å²) in [5, 5.41) is 17.5. The van der Waals surface area contributed by atoms with Crippen molar-refractivity contribution in [2.45, 2.75) is 0 Å². The van der Waals surface area contributed by atoms with Crippen LogP contribution in [0.1, 0.15) is 0 Å². The van der Waals surface area contributed by atoms with Crippen LogP contribution in [0.2, 0.25) is 0 Å². The predicted molar refractivity (Wildman–Crippen MR) is 71.9 cm³/mol. The number of halogens is 2. The molecule has 0 atom stereocenters. The van der Waals surface area contributed by atoms with Crippen LogP contribution in [0.4, 0.5) is 0 Å². The van der Waals surface area contributed by atoms with E-state index in [4.69, 9.17) is 10.2 Å². The second kappa shape index (κ2) is 6.19. The van der Waals surface area contributed by atoms with Crippen molar-refractivity contribution in [1.82, 2.24) is 0 Å². The molecule has 4 nitrogen and oxygen atoms in total. The number of carboxylic acid groups (broad SMARTS) is 2. The summed E-state index contributed by atoms with van der Waals surface area (Å²) in [6.07, 6.45) is 0. The Morgan fingerprint density at radius 1 is 1.19 bits per heavy atom. The fraction of sp³-hybridized carbons (Fsp3) is 0.200. The molecule has 0 amide bonds. The van der Waals surface area contributed by atoms with Crippen molar-refractivity contribution < 1.29 is 19.8 Å². The number of alkyl halides is 2. The van der Waals surface area contributed by atoms with E-state index in [0.29, 0.717) is 0 Å². The Hall–Kier alpha value is -0.630. The van der Waals surface area contributed by atoms with E-state index in [1.165, 1.54) is 0 Å². The average molecular weight is 401 g/mol. The Labute approximate surface area is 108 Å². The molecule has 0 bridgehead atoms. The van der Waals surface area contributed by atoms with Gasteiger partial charge in [-0.2, -0.15) is 0 Å². The third kappa shape index (κ3) is 4.48. The molecule has 0 radical (unpaired) electrons. The number of benzene rings is 1. The molecule has 0 heterocycles. The zero-order valence-corrected chi connectivity index (χ0v) is 11.9. The average Bonchev–Trinajstić information content (AvgIpc) is 2.15. The summed E-state index contributed by atoms with van der Waals surface area (Å²) in [6.45, 7) is 0. The molecule has 0 aromatic heterocycles. The SMILES string of the molecule is O=C(O)CI(CC(=O)O)c1cccc(Br)c1. The van der Waals surface area contributed by atoms with Gasteiger partial charge in [0, 0.05) is 0 Å². The molecule has 0 saturated carbocycles. The molecule has 0 unspecified atom stereocenters. The van der Waals surface area contributed by atoms with E-state index >= 15 is 0 Å². The number of carbonyl (C=O) groups is 2. The maximum absolute atomic E-state index is 10.7. The van der Waals surface area contributed by atoms with Gasteiger partial charge in [0.25, 0.3) is 0 Å². The quantitative estimate of drug-likeness (QED) is 0.587. The minimum atomic E-state index is -2.15. The van der Waals surface area contributed by atoms with Crippen LogP contribution in [0.15, 0.2) is 28.7 Å². The van der Waals surface area contributed by atoms with Gasteiger partial charge in [-0.3, -0.25) is 0 Å². The normalized spacial score (nSPS) is 10.9. The zero-order valence-electron chi connectivity index (χ0n) is 8.19. The maximum atomic E-state index is 10.7. The number of carboxylic acids is 2. The summed E-state index contributed by atoms with van der Waals surface area (Å²) in [5.41, 5.74) is 0. The third-order valence-electron chi connectivity index (χ3n) is 1.65. The van der Waals surface area contributed by atoms with E-state index < -0.39 is 31.8 Å². The van der Waals surface area contributed by atoms with E-state index in [-0.39, 0.29) is 8.86 Å². The molecule has 1 rings (SSSR count). The fourth-order valence-electron chi connectivity index (χ4n) is 1.10. The van der Waals surface area contributed by atoms with Gasteiger partial charge in [0.2, 0.25) is 0 Å². The third-order valence-corrected chi connectivity index (χ3v) is 7.72. The van der Waals surface area contributed by atoms with Gasteiger partial charge in [-0.05, 0) is 0 Å². The van der Waals surface area contributed by atoms with Crippen LogP contribution in [0.3, 0.4) is 0 Å². The summed E-state index contributed by atoms with van der Waals surface area (Å²) in [5.74, 6) is -1.85. The first-order valence-electron chi connectivity index (χ1n) is 4.30. The van der Waals surface area contributed by atoms with Gasteiger partial charge in [-0.15, -0.1) is 0 Å². The van der Waals surface area contributed by atoms with Gasteiger partial charge in [-0.25, -0.2) is 0 Å². The summed E-state index contributed by atoms with van der Waals surface area (Å²) >= 11 is 1.14. The van der Waals surface area contributed by atoms with Crippen molar-refractivity contribution in [3.8, 4) is 0 Å². The Bertz CT molecular complexity index is 392. The monoisotopic (exact) mass is 400 g/mol. The molecule has 1 aromatic carbocycles. The number of rotatable bonds is 5. The predicted octanol–water partition coefficient (Wildman–Crippen LogP) is 2.29. The fourth-order valence-corrected chi connectivity index (χ4v) is 6.15. The number of hydrogen-bond acceptors (Lipinski definition) is 2. The molecule has 1 aromatic rings. The number of aliphatic carboxylic acids is 2. The van der Waals surface area contributed by atoms with E-state index in [1.807, 2.05) is 18.2 Å². The molecule has 0 aliphatic heterocycles.